The predicted octanol–water partition coefficient (Wildman–Crippen LogP) is 1.63. The first-order valence-electron chi connectivity index (χ1n) is 6.78. The lowest BCUT2D eigenvalue weighted by atomic mass is 9.99. The highest BCUT2D eigenvalue weighted by molar-refractivity contribution is 5.97. The normalized spacial score (nSPS) is 18.4. The van der Waals surface area contributed by atoms with Crippen LogP contribution >= 0.6 is 0 Å². The van der Waals surface area contributed by atoms with Gasteiger partial charge in [-0.15, -0.1) is 0 Å². The summed E-state index contributed by atoms with van der Waals surface area (Å²) in [5, 5.41) is 4.15. The number of anilines is 1. The summed E-state index contributed by atoms with van der Waals surface area (Å²) in [7, 11) is 1.77. The average Bonchev–Trinajstić information content (AvgIpc) is 3.06. The van der Waals surface area contributed by atoms with E-state index < -0.39 is 0 Å². The Morgan fingerprint density at radius 3 is 2.75 bits per heavy atom. The number of likely N-dealkylation sites (tertiary alicyclic amines) is 1. The summed E-state index contributed by atoms with van der Waals surface area (Å²) in [4.78, 5) is 14.3. The van der Waals surface area contributed by atoms with Crippen LogP contribution in [0, 0.1) is 0 Å². The second-order valence-corrected chi connectivity index (χ2v) is 5.25. The standard InChI is InChI=1S/C15H18N4O/c1-18-10-13(16)14(17-18)15(20)19-8-7-12(9-19)11-5-3-2-4-6-11/h2-6,10,12H,7-9,16H2,1H3. The first-order chi connectivity index (χ1) is 9.65. The van der Waals surface area contributed by atoms with E-state index in [9.17, 15) is 4.79 Å². The number of nitrogen functional groups attached to an aromatic ring is 1. The van der Waals surface area contributed by atoms with E-state index in [-0.39, 0.29) is 5.91 Å². The molecule has 20 heavy (non-hydrogen) atoms. The molecule has 1 amide bonds. The van der Waals surface area contributed by atoms with Crippen LogP contribution in [0.5, 0.6) is 0 Å². The van der Waals surface area contributed by atoms with Crippen molar-refractivity contribution in [3.63, 3.8) is 0 Å². The van der Waals surface area contributed by atoms with Crippen molar-refractivity contribution in [3.8, 4) is 0 Å². The van der Waals surface area contributed by atoms with E-state index >= 15 is 0 Å². The molecule has 1 fully saturated rings. The molecule has 5 heteroatoms. The van der Waals surface area contributed by atoms with Crippen molar-refractivity contribution in [2.45, 2.75) is 12.3 Å². The molecule has 2 heterocycles. The van der Waals surface area contributed by atoms with Crippen LogP contribution in [-0.2, 0) is 7.05 Å². The van der Waals surface area contributed by atoms with Crippen LogP contribution in [0.3, 0.4) is 0 Å². The number of carbonyl (C=O) groups is 1. The smallest absolute Gasteiger partial charge is 0.276 e. The molecule has 104 valence electrons. The van der Waals surface area contributed by atoms with Gasteiger partial charge in [0.1, 0.15) is 0 Å². The Hall–Kier alpha value is -2.30. The molecule has 2 aromatic rings. The Kier molecular flexibility index (Phi) is 3.18. The van der Waals surface area contributed by atoms with Crippen LogP contribution in [0.4, 0.5) is 5.69 Å². The van der Waals surface area contributed by atoms with Crippen LogP contribution in [0.1, 0.15) is 28.4 Å². The molecule has 1 unspecified atom stereocenters. The van der Waals surface area contributed by atoms with Crippen LogP contribution in [0.15, 0.2) is 36.5 Å². The van der Waals surface area contributed by atoms with E-state index in [0.29, 0.717) is 17.3 Å². The topological polar surface area (TPSA) is 64.2 Å². The van der Waals surface area contributed by atoms with E-state index in [4.69, 9.17) is 5.73 Å². The monoisotopic (exact) mass is 270 g/mol. The van der Waals surface area contributed by atoms with E-state index in [1.807, 2.05) is 23.1 Å². The molecule has 1 aromatic carbocycles. The minimum atomic E-state index is -0.0680. The van der Waals surface area contributed by atoms with Gasteiger partial charge < -0.3 is 10.6 Å². The lowest BCUT2D eigenvalue weighted by molar-refractivity contribution is 0.0785. The van der Waals surface area contributed by atoms with Gasteiger partial charge in [0, 0.05) is 32.3 Å². The molecule has 1 aromatic heterocycles. The van der Waals surface area contributed by atoms with Gasteiger partial charge in [-0.05, 0) is 12.0 Å². The number of carbonyl (C=O) groups excluding carboxylic acids is 1. The average molecular weight is 270 g/mol. The molecule has 1 atom stereocenters. The maximum absolute atomic E-state index is 12.4. The molecule has 5 nitrogen and oxygen atoms in total. The van der Waals surface area contributed by atoms with Crippen LogP contribution in [-0.4, -0.2) is 33.7 Å². The van der Waals surface area contributed by atoms with Crippen molar-refractivity contribution in [1.82, 2.24) is 14.7 Å². The number of aromatic nitrogens is 2. The van der Waals surface area contributed by atoms with Gasteiger partial charge in [0.2, 0.25) is 0 Å². The predicted molar refractivity (Wildman–Crippen MR) is 77.3 cm³/mol. The molecular formula is C15H18N4O. The Morgan fingerprint density at radius 2 is 2.10 bits per heavy atom. The second-order valence-electron chi connectivity index (χ2n) is 5.25. The number of amides is 1. The summed E-state index contributed by atoms with van der Waals surface area (Å²) < 4.78 is 1.58. The van der Waals surface area contributed by atoms with Crippen molar-refractivity contribution < 1.29 is 4.79 Å². The molecule has 3 rings (SSSR count). The fourth-order valence-electron chi connectivity index (χ4n) is 2.76. The zero-order valence-electron chi connectivity index (χ0n) is 11.5. The summed E-state index contributed by atoms with van der Waals surface area (Å²) in [6.45, 7) is 1.49. The number of nitrogens with zero attached hydrogens (tertiary/aromatic N) is 3. The molecule has 1 saturated heterocycles. The second kappa shape index (κ2) is 5.00. The summed E-state index contributed by atoms with van der Waals surface area (Å²) in [6, 6.07) is 10.3. The number of aryl methyl sites for hydroxylation is 1. The van der Waals surface area contributed by atoms with Crippen LogP contribution in [0.2, 0.25) is 0 Å². The van der Waals surface area contributed by atoms with E-state index in [1.165, 1.54) is 5.56 Å². The van der Waals surface area contributed by atoms with Crippen molar-refractivity contribution in [1.29, 1.82) is 0 Å². The molecule has 1 aliphatic heterocycles. The van der Waals surface area contributed by atoms with Gasteiger partial charge in [0.05, 0.1) is 5.69 Å². The van der Waals surface area contributed by atoms with E-state index in [0.717, 1.165) is 19.5 Å². The lowest BCUT2D eigenvalue weighted by Gasteiger charge is -2.15. The fourth-order valence-corrected chi connectivity index (χ4v) is 2.76. The Morgan fingerprint density at radius 1 is 1.35 bits per heavy atom. The molecule has 0 saturated carbocycles. The molecule has 0 aliphatic carbocycles. The lowest BCUT2D eigenvalue weighted by Crippen LogP contribution is -2.29. The van der Waals surface area contributed by atoms with E-state index in [2.05, 4.69) is 17.2 Å². The molecule has 0 bridgehead atoms. The number of benzene rings is 1. The van der Waals surface area contributed by atoms with Crippen molar-refractivity contribution >= 4 is 11.6 Å². The van der Waals surface area contributed by atoms with Crippen LogP contribution < -0.4 is 5.73 Å². The van der Waals surface area contributed by atoms with Gasteiger partial charge in [-0.1, -0.05) is 30.3 Å². The molecule has 0 spiro atoms. The maximum atomic E-state index is 12.4. The largest absolute Gasteiger partial charge is 0.396 e. The molecule has 2 N–H and O–H groups in total. The Labute approximate surface area is 118 Å². The van der Waals surface area contributed by atoms with Crippen molar-refractivity contribution in [2.75, 3.05) is 18.8 Å². The third-order valence-corrected chi connectivity index (χ3v) is 3.81. The highest BCUT2D eigenvalue weighted by Gasteiger charge is 2.29. The van der Waals surface area contributed by atoms with Gasteiger partial charge >= 0.3 is 0 Å². The van der Waals surface area contributed by atoms with Crippen molar-refractivity contribution in [2.24, 2.45) is 7.05 Å². The fraction of sp³-hybridized carbons (Fsp3) is 0.333. The first-order valence-corrected chi connectivity index (χ1v) is 6.78. The number of rotatable bonds is 2. The number of hydrogen-bond donors (Lipinski definition) is 1. The van der Waals surface area contributed by atoms with Crippen LogP contribution in [0.25, 0.3) is 0 Å². The number of hydrogen-bond acceptors (Lipinski definition) is 3. The molecular weight excluding hydrogens is 252 g/mol. The maximum Gasteiger partial charge on any atom is 0.276 e. The van der Waals surface area contributed by atoms with Gasteiger partial charge in [0.15, 0.2) is 5.69 Å². The Bertz CT molecular complexity index is 620. The van der Waals surface area contributed by atoms with Gasteiger partial charge in [-0.3, -0.25) is 9.48 Å². The molecule has 1 aliphatic rings. The Balaban J connectivity index is 1.74. The van der Waals surface area contributed by atoms with Gasteiger partial charge in [-0.2, -0.15) is 5.10 Å². The first kappa shape index (κ1) is 12.7. The highest BCUT2D eigenvalue weighted by atomic mass is 16.2. The van der Waals surface area contributed by atoms with E-state index in [1.54, 1.807) is 17.9 Å². The summed E-state index contributed by atoms with van der Waals surface area (Å²) in [6.07, 6.45) is 2.65. The zero-order valence-corrected chi connectivity index (χ0v) is 11.5. The minimum absolute atomic E-state index is 0.0680. The third kappa shape index (κ3) is 2.27. The van der Waals surface area contributed by atoms with Gasteiger partial charge in [0.25, 0.3) is 5.91 Å². The zero-order chi connectivity index (χ0) is 14.1. The summed E-state index contributed by atoms with van der Waals surface area (Å²) in [5.41, 5.74) is 7.92. The SMILES string of the molecule is Cn1cc(N)c(C(=O)N2CCC(c3ccccc3)C2)n1. The highest BCUT2D eigenvalue weighted by Crippen LogP contribution is 2.28. The van der Waals surface area contributed by atoms with Gasteiger partial charge in [-0.25, -0.2) is 0 Å². The number of nitrogens with two attached hydrogens (primary N) is 1. The molecule has 0 radical (unpaired) electrons. The quantitative estimate of drug-likeness (QED) is 0.902. The summed E-state index contributed by atoms with van der Waals surface area (Å²) >= 11 is 0. The third-order valence-electron chi connectivity index (χ3n) is 3.81. The minimum Gasteiger partial charge on any atom is -0.396 e. The van der Waals surface area contributed by atoms with Crippen molar-refractivity contribution in [3.05, 3.63) is 47.8 Å². The summed E-state index contributed by atoms with van der Waals surface area (Å²) in [5.74, 6) is 0.339.